The quantitative estimate of drug-likeness (QED) is 0.896. The molecule has 0 spiro atoms. The number of hydrogen-bond donors (Lipinski definition) is 2. The standard InChI is InChI=1S/C11H11BrN4O3/c1-5(2)9(17)14-11-13-8-3-6(10(18)19)7(12)4-16(8)15-11/h3-5H,1-2H3,(H,18,19)(H,14,15,17). The number of carbonyl (C=O) groups excluding carboxylic acids is 1. The number of hydrogen-bond acceptors (Lipinski definition) is 4. The van der Waals surface area contributed by atoms with Crippen LogP contribution in [-0.4, -0.2) is 31.6 Å². The van der Waals surface area contributed by atoms with Crippen LogP contribution in [0.25, 0.3) is 5.65 Å². The van der Waals surface area contributed by atoms with E-state index >= 15 is 0 Å². The zero-order chi connectivity index (χ0) is 14.2. The number of amides is 1. The minimum absolute atomic E-state index is 0.0848. The van der Waals surface area contributed by atoms with Gasteiger partial charge in [0.05, 0.1) is 10.0 Å². The summed E-state index contributed by atoms with van der Waals surface area (Å²) in [6.45, 7) is 3.51. The van der Waals surface area contributed by atoms with E-state index in [2.05, 4.69) is 31.3 Å². The molecule has 0 aliphatic carbocycles. The van der Waals surface area contributed by atoms with Crippen molar-refractivity contribution in [2.75, 3.05) is 5.32 Å². The Kier molecular flexibility index (Phi) is 3.52. The van der Waals surface area contributed by atoms with E-state index in [0.29, 0.717) is 10.1 Å². The molecule has 2 aromatic rings. The lowest BCUT2D eigenvalue weighted by Gasteiger charge is -2.01. The molecule has 2 rings (SSSR count). The summed E-state index contributed by atoms with van der Waals surface area (Å²) in [5, 5.41) is 15.6. The molecule has 0 bridgehead atoms. The third-order valence-electron chi connectivity index (χ3n) is 2.41. The first kappa shape index (κ1) is 13.5. The second-order valence-corrected chi connectivity index (χ2v) is 5.08. The molecule has 7 nitrogen and oxygen atoms in total. The highest BCUT2D eigenvalue weighted by molar-refractivity contribution is 9.10. The smallest absolute Gasteiger partial charge is 0.337 e. The fraction of sp³-hybridized carbons (Fsp3) is 0.273. The van der Waals surface area contributed by atoms with Crippen LogP contribution in [0.1, 0.15) is 24.2 Å². The van der Waals surface area contributed by atoms with Crippen LogP contribution in [0.2, 0.25) is 0 Å². The maximum Gasteiger partial charge on any atom is 0.337 e. The largest absolute Gasteiger partial charge is 0.478 e. The van der Waals surface area contributed by atoms with Crippen molar-refractivity contribution in [3.63, 3.8) is 0 Å². The van der Waals surface area contributed by atoms with E-state index < -0.39 is 5.97 Å². The summed E-state index contributed by atoms with van der Waals surface area (Å²) in [6.07, 6.45) is 1.48. The molecule has 0 fully saturated rings. The number of halogens is 1. The lowest BCUT2D eigenvalue weighted by Crippen LogP contribution is -2.18. The second kappa shape index (κ2) is 4.96. The fourth-order valence-corrected chi connectivity index (χ4v) is 1.85. The lowest BCUT2D eigenvalue weighted by atomic mass is 10.2. The Morgan fingerprint density at radius 3 is 2.74 bits per heavy atom. The molecule has 8 heteroatoms. The van der Waals surface area contributed by atoms with Crippen molar-refractivity contribution in [3.8, 4) is 0 Å². The van der Waals surface area contributed by atoms with Gasteiger partial charge in [-0.1, -0.05) is 13.8 Å². The number of pyridine rings is 1. The van der Waals surface area contributed by atoms with Crippen molar-refractivity contribution >= 4 is 39.4 Å². The summed E-state index contributed by atoms with van der Waals surface area (Å²) in [5.74, 6) is -1.31. The Labute approximate surface area is 116 Å². The van der Waals surface area contributed by atoms with E-state index in [1.807, 2.05) is 0 Å². The molecular weight excluding hydrogens is 316 g/mol. The van der Waals surface area contributed by atoms with Crippen molar-refractivity contribution in [2.45, 2.75) is 13.8 Å². The average molecular weight is 327 g/mol. The van der Waals surface area contributed by atoms with Crippen LogP contribution in [0.4, 0.5) is 5.95 Å². The minimum Gasteiger partial charge on any atom is -0.478 e. The Morgan fingerprint density at radius 2 is 2.16 bits per heavy atom. The highest BCUT2D eigenvalue weighted by Crippen LogP contribution is 2.19. The summed E-state index contributed by atoms with van der Waals surface area (Å²) >= 11 is 3.14. The third-order valence-corrected chi connectivity index (χ3v) is 3.05. The van der Waals surface area contributed by atoms with Gasteiger partial charge in [-0.05, 0) is 22.0 Å². The van der Waals surface area contributed by atoms with Crippen LogP contribution in [-0.2, 0) is 4.79 Å². The number of aromatic carboxylic acids is 1. The van der Waals surface area contributed by atoms with Gasteiger partial charge in [0.15, 0.2) is 5.65 Å². The predicted octanol–water partition coefficient (Wildman–Crippen LogP) is 1.78. The molecule has 0 atom stereocenters. The Bertz CT molecular complexity index is 665. The normalized spacial score (nSPS) is 10.9. The van der Waals surface area contributed by atoms with Gasteiger partial charge in [0.25, 0.3) is 0 Å². The van der Waals surface area contributed by atoms with Gasteiger partial charge in [0.1, 0.15) is 0 Å². The van der Waals surface area contributed by atoms with Crippen LogP contribution >= 0.6 is 15.9 Å². The highest BCUT2D eigenvalue weighted by Gasteiger charge is 2.14. The van der Waals surface area contributed by atoms with Crippen LogP contribution in [0.3, 0.4) is 0 Å². The minimum atomic E-state index is -1.06. The van der Waals surface area contributed by atoms with Crippen molar-refractivity contribution in [2.24, 2.45) is 5.92 Å². The number of carboxylic acid groups (broad SMARTS) is 1. The maximum atomic E-state index is 11.5. The van der Waals surface area contributed by atoms with Crippen molar-refractivity contribution in [3.05, 3.63) is 22.3 Å². The van der Waals surface area contributed by atoms with Crippen molar-refractivity contribution < 1.29 is 14.7 Å². The first-order chi connectivity index (χ1) is 8.88. The number of rotatable bonds is 3. The molecule has 2 N–H and O–H groups in total. The fourth-order valence-electron chi connectivity index (χ4n) is 1.38. The molecule has 0 aromatic carbocycles. The van der Waals surface area contributed by atoms with E-state index in [4.69, 9.17) is 5.11 Å². The van der Waals surface area contributed by atoms with E-state index in [0.717, 1.165) is 0 Å². The van der Waals surface area contributed by atoms with E-state index in [9.17, 15) is 9.59 Å². The Hall–Kier alpha value is -1.96. The molecule has 0 aliphatic heterocycles. The van der Waals surface area contributed by atoms with E-state index in [1.54, 1.807) is 13.8 Å². The molecule has 0 unspecified atom stereocenters. The van der Waals surface area contributed by atoms with Gasteiger partial charge in [-0.2, -0.15) is 4.98 Å². The Morgan fingerprint density at radius 1 is 1.47 bits per heavy atom. The molecule has 100 valence electrons. The predicted molar refractivity (Wildman–Crippen MR) is 71.1 cm³/mol. The number of fused-ring (bicyclic) bond motifs is 1. The molecule has 0 aliphatic rings. The monoisotopic (exact) mass is 326 g/mol. The molecule has 2 heterocycles. The molecular formula is C11H11BrN4O3. The molecule has 0 radical (unpaired) electrons. The number of aromatic nitrogens is 3. The summed E-state index contributed by atoms with van der Waals surface area (Å²) in [7, 11) is 0. The number of carboxylic acids is 1. The Balaban J connectivity index is 2.41. The first-order valence-electron chi connectivity index (χ1n) is 5.48. The van der Waals surface area contributed by atoms with Crippen molar-refractivity contribution in [1.29, 1.82) is 0 Å². The van der Waals surface area contributed by atoms with Gasteiger partial charge in [-0.15, -0.1) is 5.10 Å². The van der Waals surface area contributed by atoms with E-state index in [1.165, 1.54) is 16.8 Å². The molecule has 0 saturated heterocycles. The summed E-state index contributed by atoms with van der Waals surface area (Å²) in [5.41, 5.74) is 0.432. The molecule has 2 aromatic heterocycles. The van der Waals surface area contributed by atoms with Gasteiger partial charge in [-0.25, -0.2) is 9.31 Å². The van der Waals surface area contributed by atoms with Gasteiger partial charge in [0.2, 0.25) is 11.9 Å². The van der Waals surface area contributed by atoms with Gasteiger partial charge in [0, 0.05) is 12.1 Å². The number of nitrogens with zero attached hydrogens (tertiary/aromatic N) is 3. The first-order valence-corrected chi connectivity index (χ1v) is 6.28. The van der Waals surface area contributed by atoms with Crippen LogP contribution < -0.4 is 5.32 Å². The van der Waals surface area contributed by atoms with Crippen molar-refractivity contribution in [1.82, 2.24) is 14.6 Å². The third kappa shape index (κ3) is 2.73. The highest BCUT2D eigenvalue weighted by atomic mass is 79.9. The van der Waals surface area contributed by atoms with Gasteiger partial charge in [-0.3, -0.25) is 10.1 Å². The summed E-state index contributed by atoms with van der Waals surface area (Å²) < 4.78 is 1.78. The van der Waals surface area contributed by atoms with Gasteiger partial charge >= 0.3 is 5.97 Å². The number of anilines is 1. The molecule has 19 heavy (non-hydrogen) atoms. The SMILES string of the molecule is CC(C)C(=O)Nc1nc2cc(C(=O)O)c(Br)cn2n1. The number of nitrogens with one attached hydrogen (secondary N) is 1. The van der Waals surface area contributed by atoms with Gasteiger partial charge < -0.3 is 5.11 Å². The van der Waals surface area contributed by atoms with Crippen LogP contribution in [0, 0.1) is 5.92 Å². The molecule has 1 amide bonds. The second-order valence-electron chi connectivity index (χ2n) is 4.22. The number of carbonyl (C=O) groups is 2. The van der Waals surface area contributed by atoms with Crippen LogP contribution in [0.15, 0.2) is 16.7 Å². The van der Waals surface area contributed by atoms with E-state index in [-0.39, 0.29) is 23.3 Å². The molecule has 0 saturated carbocycles. The zero-order valence-corrected chi connectivity index (χ0v) is 11.8. The average Bonchev–Trinajstić information content (AvgIpc) is 2.68. The summed E-state index contributed by atoms with van der Waals surface area (Å²) in [4.78, 5) is 26.6. The summed E-state index contributed by atoms with van der Waals surface area (Å²) in [6, 6.07) is 1.38. The maximum absolute atomic E-state index is 11.5. The zero-order valence-electron chi connectivity index (χ0n) is 10.2. The van der Waals surface area contributed by atoms with Crippen LogP contribution in [0.5, 0.6) is 0 Å². The lowest BCUT2D eigenvalue weighted by molar-refractivity contribution is -0.118. The topological polar surface area (TPSA) is 96.6 Å².